The van der Waals surface area contributed by atoms with Crippen molar-refractivity contribution in [3.8, 4) is 11.5 Å². The van der Waals surface area contributed by atoms with Gasteiger partial charge in [0, 0.05) is 35.3 Å². The summed E-state index contributed by atoms with van der Waals surface area (Å²) in [6, 6.07) is 17.1. The third kappa shape index (κ3) is 5.03. The highest BCUT2D eigenvalue weighted by molar-refractivity contribution is 6.30. The van der Waals surface area contributed by atoms with Crippen LogP contribution in [0.5, 0.6) is 11.5 Å². The van der Waals surface area contributed by atoms with Gasteiger partial charge in [-0.3, -0.25) is 9.69 Å². The van der Waals surface area contributed by atoms with Crippen LogP contribution in [0.15, 0.2) is 60.7 Å². The van der Waals surface area contributed by atoms with Crippen molar-refractivity contribution in [3.05, 3.63) is 93.8 Å². The molecule has 0 bridgehead atoms. The second-order valence-corrected chi connectivity index (χ2v) is 8.87. The highest BCUT2D eigenvalue weighted by Crippen LogP contribution is 2.40. The van der Waals surface area contributed by atoms with Crippen molar-refractivity contribution in [2.45, 2.75) is 32.0 Å². The molecule has 0 aromatic heterocycles. The van der Waals surface area contributed by atoms with Gasteiger partial charge in [-0.2, -0.15) is 0 Å². The van der Waals surface area contributed by atoms with Crippen molar-refractivity contribution in [1.82, 2.24) is 10.2 Å². The average Bonchev–Trinajstić information content (AvgIpc) is 2.84. The molecule has 178 valence electrons. The number of halogens is 2. The maximum absolute atomic E-state index is 14.5. The third-order valence-electron chi connectivity index (χ3n) is 6.28. The van der Waals surface area contributed by atoms with E-state index in [9.17, 15) is 9.18 Å². The summed E-state index contributed by atoms with van der Waals surface area (Å²) in [6.45, 7) is 3.09. The van der Waals surface area contributed by atoms with Crippen molar-refractivity contribution in [2.75, 3.05) is 20.8 Å². The Morgan fingerprint density at radius 1 is 1.12 bits per heavy atom. The Morgan fingerprint density at radius 3 is 2.56 bits per heavy atom. The largest absolute Gasteiger partial charge is 0.493 e. The Hall–Kier alpha value is -3.09. The minimum atomic E-state index is -0.282. The molecule has 0 fully saturated rings. The van der Waals surface area contributed by atoms with E-state index in [1.807, 2.05) is 25.1 Å². The summed E-state index contributed by atoms with van der Waals surface area (Å²) in [4.78, 5) is 15.2. The summed E-state index contributed by atoms with van der Waals surface area (Å²) < 4.78 is 25.6. The van der Waals surface area contributed by atoms with Gasteiger partial charge in [0.1, 0.15) is 5.82 Å². The number of fused-ring (bicyclic) bond motifs is 1. The molecule has 1 N–H and O–H groups in total. The first-order valence-electron chi connectivity index (χ1n) is 11.2. The smallest absolute Gasteiger partial charge is 0.251 e. The summed E-state index contributed by atoms with van der Waals surface area (Å²) in [5.74, 6) is 0.828. The van der Waals surface area contributed by atoms with Gasteiger partial charge in [0.25, 0.3) is 5.91 Å². The number of methoxy groups -OCH3 is 2. The summed E-state index contributed by atoms with van der Waals surface area (Å²) >= 11 is 6.08. The molecule has 0 saturated heterocycles. The lowest BCUT2D eigenvalue weighted by Gasteiger charge is -2.41. The van der Waals surface area contributed by atoms with E-state index in [0.29, 0.717) is 40.7 Å². The van der Waals surface area contributed by atoms with Crippen molar-refractivity contribution in [2.24, 2.45) is 0 Å². The lowest BCUT2D eigenvalue weighted by Crippen LogP contribution is -2.47. The fraction of sp³-hybridized carbons (Fsp3) is 0.296. The maximum atomic E-state index is 14.5. The fourth-order valence-corrected chi connectivity index (χ4v) is 4.83. The van der Waals surface area contributed by atoms with Crippen LogP contribution in [-0.2, 0) is 13.0 Å². The van der Waals surface area contributed by atoms with Crippen LogP contribution in [0.2, 0.25) is 5.02 Å². The predicted molar refractivity (Wildman–Crippen MR) is 131 cm³/mol. The number of hydrogen-bond acceptors (Lipinski definition) is 4. The van der Waals surface area contributed by atoms with Crippen LogP contribution in [0, 0.1) is 5.82 Å². The lowest BCUT2D eigenvalue weighted by molar-refractivity contribution is 0.0875. The van der Waals surface area contributed by atoms with E-state index in [4.69, 9.17) is 21.1 Å². The van der Waals surface area contributed by atoms with E-state index in [-0.39, 0.29) is 23.8 Å². The molecule has 1 heterocycles. The summed E-state index contributed by atoms with van der Waals surface area (Å²) in [6.07, 6.45) is 0.773. The number of nitrogens with one attached hydrogen (secondary N) is 1. The molecular formula is C27H28ClFN2O3. The molecule has 0 aliphatic carbocycles. The first-order chi connectivity index (χ1) is 16.4. The van der Waals surface area contributed by atoms with Gasteiger partial charge in [-0.15, -0.1) is 0 Å². The molecule has 3 aromatic rings. The van der Waals surface area contributed by atoms with Gasteiger partial charge in [-0.05, 0) is 60.9 Å². The summed E-state index contributed by atoms with van der Waals surface area (Å²) in [5, 5.41) is 3.63. The van der Waals surface area contributed by atoms with Crippen LogP contribution in [-0.4, -0.2) is 37.6 Å². The van der Waals surface area contributed by atoms with Gasteiger partial charge in [0.05, 0.1) is 20.3 Å². The van der Waals surface area contributed by atoms with E-state index in [2.05, 4.69) is 10.2 Å². The number of benzene rings is 3. The quantitative estimate of drug-likeness (QED) is 0.489. The highest BCUT2D eigenvalue weighted by Gasteiger charge is 2.34. The molecular weight excluding hydrogens is 455 g/mol. The van der Waals surface area contributed by atoms with E-state index in [1.165, 1.54) is 6.07 Å². The molecule has 4 rings (SSSR count). The molecule has 0 saturated carbocycles. The Kier molecular flexibility index (Phi) is 7.39. The van der Waals surface area contributed by atoms with Crippen molar-refractivity contribution >= 4 is 17.5 Å². The zero-order valence-electron chi connectivity index (χ0n) is 19.5. The van der Waals surface area contributed by atoms with Gasteiger partial charge in [-0.25, -0.2) is 4.39 Å². The number of carbonyl (C=O) groups excluding carboxylic acids is 1. The zero-order chi connectivity index (χ0) is 24.2. The van der Waals surface area contributed by atoms with Gasteiger partial charge in [0.2, 0.25) is 0 Å². The molecule has 34 heavy (non-hydrogen) atoms. The molecule has 7 heteroatoms. The Morgan fingerprint density at radius 2 is 1.85 bits per heavy atom. The molecule has 0 radical (unpaired) electrons. The van der Waals surface area contributed by atoms with E-state index in [0.717, 1.165) is 17.5 Å². The molecule has 2 atom stereocenters. The number of hydrogen-bond donors (Lipinski definition) is 1. The molecule has 0 spiro atoms. The van der Waals surface area contributed by atoms with Crippen LogP contribution in [0.1, 0.15) is 40.0 Å². The van der Waals surface area contributed by atoms with Crippen LogP contribution in [0.3, 0.4) is 0 Å². The van der Waals surface area contributed by atoms with Gasteiger partial charge in [0.15, 0.2) is 11.5 Å². The Labute approximate surface area is 204 Å². The van der Waals surface area contributed by atoms with Crippen LogP contribution >= 0.6 is 11.6 Å². The standard InChI is InChI=1S/C27H28ClFN2O3/c1-17(30-27(32)19-8-6-9-21(28)13-19)26-22-15-25(34-3)24(33-2)14-18(22)11-12-31(26)16-20-7-4-5-10-23(20)29/h4-10,13-15,17,26H,11-12,16H2,1-3H3,(H,30,32)/t17-,26-/m0/s1. The van der Waals surface area contributed by atoms with Crippen molar-refractivity contribution < 1.29 is 18.7 Å². The van der Waals surface area contributed by atoms with Crippen LogP contribution < -0.4 is 14.8 Å². The van der Waals surface area contributed by atoms with Crippen molar-refractivity contribution in [1.29, 1.82) is 0 Å². The molecule has 1 aliphatic heterocycles. The van der Waals surface area contributed by atoms with Gasteiger partial charge >= 0.3 is 0 Å². The van der Waals surface area contributed by atoms with Crippen molar-refractivity contribution in [3.63, 3.8) is 0 Å². The SMILES string of the molecule is COc1cc2c(cc1OC)[C@H]([C@H](C)NC(=O)c1cccc(Cl)c1)N(Cc1ccccc1F)CC2. The van der Waals surface area contributed by atoms with Gasteiger partial charge < -0.3 is 14.8 Å². The maximum Gasteiger partial charge on any atom is 0.251 e. The lowest BCUT2D eigenvalue weighted by atomic mass is 9.87. The van der Waals surface area contributed by atoms with E-state index in [1.54, 1.807) is 50.6 Å². The van der Waals surface area contributed by atoms with Crippen LogP contribution in [0.25, 0.3) is 0 Å². The van der Waals surface area contributed by atoms with Crippen LogP contribution in [0.4, 0.5) is 4.39 Å². The monoisotopic (exact) mass is 482 g/mol. The first kappa shape index (κ1) is 24.0. The normalized spacial score (nSPS) is 16.4. The molecule has 0 unspecified atom stereocenters. The third-order valence-corrected chi connectivity index (χ3v) is 6.51. The number of amides is 1. The summed E-state index contributed by atoms with van der Waals surface area (Å²) in [5.41, 5.74) is 3.25. The Balaban J connectivity index is 1.70. The minimum Gasteiger partial charge on any atom is -0.493 e. The number of rotatable bonds is 7. The molecule has 1 aliphatic rings. The second kappa shape index (κ2) is 10.5. The first-order valence-corrected chi connectivity index (χ1v) is 11.6. The fourth-order valence-electron chi connectivity index (χ4n) is 4.64. The number of nitrogens with zero attached hydrogens (tertiary/aromatic N) is 1. The topological polar surface area (TPSA) is 50.8 Å². The van der Waals surface area contributed by atoms with E-state index >= 15 is 0 Å². The zero-order valence-corrected chi connectivity index (χ0v) is 20.2. The van der Waals surface area contributed by atoms with E-state index < -0.39 is 0 Å². The molecule has 5 nitrogen and oxygen atoms in total. The summed E-state index contributed by atoms with van der Waals surface area (Å²) in [7, 11) is 3.21. The number of carbonyl (C=O) groups is 1. The highest BCUT2D eigenvalue weighted by atomic mass is 35.5. The average molecular weight is 483 g/mol. The predicted octanol–water partition coefficient (Wildman–Crippen LogP) is 5.41. The second-order valence-electron chi connectivity index (χ2n) is 8.44. The minimum absolute atomic E-state index is 0.203. The molecule has 1 amide bonds. The Bertz CT molecular complexity index is 1190. The molecule has 3 aromatic carbocycles. The van der Waals surface area contributed by atoms with Gasteiger partial charge in [-0.1, -0.05) is 35.9 Å². The number of ether oxygens (including phenoxy) is 2.